The van der Waals surface area contributed by atoms with E-state index in [4.69, 9.17) is 4.52 Å². The van der Waals surface area contributed by atoms with E-state index in [2.05, 4.69) is 55.9 Å². The molecule has 0 unspecified atom stereocenters. The van der Waals surface area contributed by atoms with E-state index in [1.807, 2.05) is 26.1 Å². The van der Waals surface area contributed by atoms with E-state index in [9.17, 15) is 4.79 Å². The number of piperidine rings is 1. The first kappa shape index (κ1) is 20.2. The van der Waals surface area contributed by atoms with Crippen molar-refractivity contribution in [3.05, 3.63) is 87.2 Å². The first-order valence-corrected chi connectivity index (χ1v) is 11.1. The predicted molar refractivity (Wildman–Crippen MR) is 120 cm³/mol. The van der Waals surface area contributed by atoms with E-state index in [0.29, 0.717) is 24.9 Å². The smallest absolute Gasteiger partial charge is 0.255 e. The van der Waals surface area contributed by atoms with Crippen molar-refractivity contribution in [2.24, 2.45) is 5.92 Å². The Morgan fingerprint density at radius 1 is 1.10 bits per heavy atom. The van der Waals surface area contributed by atoms with Crippen molar-refractivity contribution in [1.29, 1.82) is 0 Å². The van der Waals surface area contributed by atoms with Gasteiger partial charge in [0.25, 0.3) is 5.56 Å². The van der Waals surface area contributed by atoms with Crippen LogP contribution in [0.25, 0.3) is 0 Å². The predicted octanol–water partition coefficient (Wildman–Crippen LogP) is 3.40. The van der Waals surface area contributed by atoms with Gasteiger partial charge in [-0.1, -0.05) is 41.6 Å². The Balaban J connectivity index is 1.30. The number of hydrogen-bond acceptors (Lipinski definition) is 5. The number of pyridine rings is 1. The van der Waals surface area contributed by atoms with Crippen molar-refractivity contribution >= 4 is 0 Å². The zero-order valence-corrected chi connectivity index (χ0v) is 18.3. The van der Waals surface area contributed by atoms with Crippen molar-refractivity contribution in [1.82, 2.24) is 19.5 Å². The molecule has 0 radical (unpaired) electrons. The largest absolute Gasteiger partial charge is 0.361 e. The number of fused-ring (bicyclic) bond motifs is 4. The lowest BCUT2D eigenvalue weighted by atomic mass is 9.83. The number of aromatic nitrogens is 2. The quantitative estimate of drug-likeness (QED) is 0.614. The molecule has 0 saturated carbocycles. The molecule has 2 bridgehead atoms. The summed E-state index contributed by atoms with van der Waals surface area (Å²) >= 11 is 0. The van der Waals surface area contributed by atoms with Gasteiger partial charge in [-0.15, -0.1) is 0 Å². The van der Waals surface area contributed by atoms with E-state index >= 15 is 0 Å². The van der Waals surface area contributed by atoms with Crippen LogP contribution in [0.15, 0.2) is 57.8 Å². The Bertz CT molecular complexity index is 1100. The fraction of sp³-hybridized carbons (Fsp3) is 0.440. The summed E-state index contributed by atoms with van der Waals surface area (Å²) in [7, 11) is 2.02. The third-order valence-corrected chi connectivity index (χ3v) is 6.56. The Morgan fingerprint density at radius 3 is 2.71 bits per heavy atom. The molecule has 0 amide bonds. The molecule has 162 valence electrons. The summed E-state index contributed by atoms with van der Waals surface area (Å²) in [6, 6.07) is 16.9. The van der Waals surface area contributed by atoms with E-state index < -0.39 is 0 Å². The lowest BCUT2D eigenvalue weighted by Crippen LogP contribution is -2.47. The van der Waals surface area contributed by atoms with Crippen LogP contribution in [-0.4, -0.2) is 39.7 Å². The van der Waals surface area contributed by atoms with Gasteiger partial charge in [-0.05, 0) is 37.9 Å². The minimum Gasteiger partial charge on any atom is -0.361 e. The molecule has 0 spiro atoms. The van der Waals surface area contributed by atoms with E-state index in [-0.39, 0.29) is 5.56 Å². The maximum absolute atomic E-state index is 13.3. The van der Waals surface area contributed by atoms with Gasteiger partial charge < -0.3 is 9.09 Å². The zero-order chi connectivity index (χ0) is 21.4. The number of rotatable bonds is 6. The summed E-state index contributed by atoms with van der Waals surface area (Å²) < 4.78 is 7.21. The number of likely N-dealkylation sites (tertiary alicyclic amines) is 1. The van der Waals surface area contributed by atoms with Crippen LogP contribution in [0.4, 0.5) is 0 Å². The fourth-order valence-electron chi connectivity index (χ4n) is 5.30. The number of nitrogens with zero attached hydrogens (tertiary/aromatic N) is 4. The van der Waals surface area contributed by atoms with Crippen LogP contribution in [0.2, 0.25) is 0 Å². The molecule has 2 aromatic heterocycles. The molecule has 1 saturated heterocycles. The highest BCUT2D eigenvalue weighted by Crippen LogP contribution is 2.35. The fourth-order valence-corrected chi connectivity index (χ4v) is 5.30. The van der Waals surface area contributed by atoms with Crippen LogP contribution in [0.3, 0.4) is 0 Å². The lowest BCUT2D eigenvalue weighted by molar-refractivity contribution is 0.114. The molecule has 0 aliphatic carbocycles. The second-order valence-electron chi connectivity index (χ2n) is 9.28. The molecule has 1 fully saturated rings. The molecule has 3 aromatic rings. The minimum atomic E-state index is 0.173. The topological polar surface area (TPSA) is 54.5 Å². The van der Waals surface area contributed by atoms with Crippen molar-refractivity contribution in [2.75, 3.05) is 20.1 Å². The van der Waals surface area contributed by atoms with Gasteiger partial charge in [0.15, 0.2) is 0 Å². The van der Waals surface area contributed by atoms with Gasteiger partial charge in [0.2, 0.25) is 0 Å². The third-order valence-electron chi connectivity index (χ3n) is 6.56. The minimum absolute atomic E-state index is 0.173. The van der Waals surface area contributed by atoms with Crippen LogP contribution >= 0.6 is 0 Å². The Kier molecular flexibility index (Phi) is 5.50. The summed E-state index contributed by atoms with van der Waals surface area (Å²) in [5, 5.41) is 4.06. The second kappa shape index (κ2) is 8.44. The second-order valence-corrected chi connectivity index (χ2v) is 9.28. The number of aryl methyl sites for hydroxylation is 1. The molecule has 5 rings (SSSR count). The SMILES string of the molecule is Cc1cc(CN(C)Cc2ccc3n(c2=O)C[C@H]2C[C@@H]3CN(Cc3ccccc3)C2)no1. The first-order chi connectivity index (χ1) is 15.0. The molecule has 2 atom stereocenters. The lowest BCUT2D eigenvalue weighted by Gasteiger charge is -2.43. The van der Waals surface area contributed by atoms with Gasteiger partial charge in [0.1, 0.15) is 5.76 Å². The highest BCUT2D eigenvalue weighted by molar-refractivity contribution is 5.23. The summed E-state index contributed by atoms with van der Waals surface area (Å²) in [5.74, 6) is 1.79. The number of benzene rings is 1. The van der Waals surface area contributed by atoms with E-state index in [1.165, 1.54) is 17.7 Å². The monoisotopic (exact) mass is 418 g/mol. The summed E-state index contributed by atoms with van der Waals surface area (Å²) in [6.07, 6.45) is 1.19. The molecule has 0 N–H and O–H groups in total. The molecule has 1 aromatic carbocycles. The van der Waals surface area contributed by atoms with E-state index in [0.717, 1.165) is 43.2 Å². The van der Waals surface area contributed by atoms with Crippen LogP contribution < -0.4 is 5.56 Å². The molecule has 6 heteroatoms. The van der Waals surface area contributed by atoms with Crippen molar-refractivity contribution in [3.8, 4) is 0 Å². The van der Waals surface area contributed by atoms with E-state index in [1.54, 1.807) is 0 Å². The summed E-state index contributed by atoms with van der Waals surface area (Å²) in [4.78, 5) is 18.0. The normalized spacial score (nSPS) is 20.7. The van der Waals surface area contributed by atoms with Crippen molar-refractivity contribution in [2.45, 2.75) is 45.4 Å². The van der Waals surface area contributed by atoms with Gasteiger partial charge in [-0.25, -0.2) is 0 Å². The van der Waals surface area contributed by atoms with Crippen LogP contribution in [-0.2, 0) is 26.2 Å². The van der Waals surface area contributed by atoms with Gasteiger partial charge in [0.05, 0.1) is 5.69 Å². The summed E-state index contributed by atoms with van der Waals surface area (Å²) in [6.45, 7) is 7.07. The van der Waals surface area contributed by atoms with Crippen LogP contribution in [0, 0.1) is 12.8 Å². The van der Waals surface area contributed by atoms with Crippen molar-refractivity contribution in [3.63, 3.8) is 0 Å². The third kappa shape index (κ3) is 4.36. The molecule has 2 aliphatic rings. The van der Waals surface area contributed by atoms with Crippen molar-refractivity contribution < 1.29 is 4.52 Å². The Morgan fingerprint density at radius 2 is 1.94 bits per heavy atom. The Labute approximate surface area is 183 Å². The van der Waals surface area contributed by atoms with Crippen LogP contribution in [0.1, 0.15) is 40.6 Å². The average Bonchev–Trinajstić information content (AvgIpc) is 3.15. The molecular weight excluding hydrogens is 388 g/mol. The average molecular weight is 419 g/mol. The molecule has 6 nitrogen and oxygen atoms in total. The van der Waals surface area contributed by atoms with Gasteiger partial charge in [0, 0.05) is 62.5 Å². The zero-order valence-electron chi connectivity index (χ0n) is 18.3. The maximum atomic E-state index is 13.3. The standard InChI is InChI=1S/C25H30N4O2/c1-18-10-23(26-31-18)17-27(2)15-21-8-9-24-22-11-20(14-29(24)25(21)30)13-28(16-22)12-19-6-4-3-5-7-19/h3-10,20,22H,11-17H2,1-2H3/t20-,22+/m0/s1. The van der Waals surface area contributed by atoms with Gasteiger partial charge in [-0.2, -0.15) is 0 Å². The highest BCUT2D eigenvalue weighted by atomic mass is 16.5. The number of hydrogen-bond donors (Lipinski definition) is 0. The first-order valence-electron chi connectivity index (χ1n) is 11.1. The highest BCUT2D eigenvalue weighted by Gasteiger charge is 2.34. The molecule has 31 heavy (non-hydrogen) atoms. The molecule has 2 aliphatic heterocycles. The van der Waals surface area contributed by atoms with Gasteiger partial charge in [-0.3, -0.25) is 14.6 Å². The molecule has 4 heterocycles. The van der Waals surface area contributed by atoms with Crippen LogP contribution in [0.5, 0.6) is 0 Å². The Hall–Kier alpha value is -2.70. The van der Waals surface area contributed by atoms with Gasteiger partial charge >= 0.3 is 0 Å². The maximum Gasteiger partial charge on any atom is 0.255 e. The summed E-state index contributed by atoms with van der Waals surface area (Å²) in [5.41, 5.74) is 4.49. The molecular formula is C25H30N4O2.